The number of halogens is 1. The molecule has 1 saturated heterocycles. The summed E-state index contributed by atoms with van der Waals surface area (Å²) in [5.41, 5.74) is 3.21. The number of nitrogens with one attached hydrogen (secondary N) is 1. The highest BCUT2D eigenvalue weighted by molar-refractivity contribution is 14.1. The molecule has 0 aromatic heterocycles. The van der Waals surface area contributed by atoms with Crippen LogP contribution in [-0.2, 0) is 9.59 Å². The molecule has 2 amide bonds. The highest BCUT2D eigenvalue weighted by Gasteiger charge is 2.35. The predicted molar refractivity (Wildman–Crippen MR) is 113 cm³/mol. The van der Waals surface area contributed by atoms with Gasteiger partial charge in [-0.1, -0.05) is 23.8 Å². The van der Waals surface area contributed by atoms with E-state index < -0.39 is 11.8 Å². The van der Waals surface area contributed by atoms with Crippen molar-refractivity contribution in [2.75, 3.05) is 4.90 Å². The quantitative estimate of drug-likeness (QED) is 0.301. The summed E-state index contributed by atoms with van der Waals surface area (Å²) in [5.74, 6) is -0.872. The van der Waals surface area contributed by atoms with Gasteiger partial charge in [0.25, 0.3) is 11.8 Å². The van der Waals surface area contributed by atoms with Crippen LogP contribution in [0, 0.1) is 17.4 Å². The number of amides is 2. The molecule has 0 bridgehead atoms. The molecule has 0 unspecified atom stereocenters. The topological polar surface area (TPSA) is 69.6 Å². The molecule has 1 aliphatic heterocycles. The second-order valence-electron chi connectivity index (χ2n) is 5.96. The summed E-state index contributed by atoms with van der Waals surface area (Å²) in [4.78, 5) is 26.7. The third-order valence-electron chi connectivity index (χ3n) is 3.98. The zero-order valence-corrected chi connectivity index (χ0v) is 17.0. The number of carbonyl (C=O) groups excluding carboxylic acids is 2. The molecule has 1 heterocycles. The first-order chi connectivity index (χ1) is 12.3. The van der Waals surface area contributed by atoms with E-state index in [0.717, 1.165) is 11.1 Å². The van der Waals surface area contributed by atoms with Gasteiger partial charge in [-0.25, -0.2) is 0 Å². The lowest BCUT2D eigenvalue weighted by Gasteiger charge is -2.30. The molecule has 0 saturated carbocycles. The van der Waals surface area contributed by atoms with E-state index in [1.807, 2.05) is 54.6 Å². The van der Waals surface area contributed by atoms with Crippen LogP contribution in [0.1, 0.15) is 16.7 Å². The zero-order chi connectivity index (χ0) is 19.0. The first-order valence-corrected chi connectivity index (χ1v) is 9.24. The first kappa shape index (κ1) is 18.5. The fourth-order valence-corrected chi connectivity index (χ4v) is 3.53. The number of hydrogen-bond acceptors (Lipinski definition) is 4. The van der Waals surface area contributed by atoms with E-state index in [1.54, 1.807) is 12.1 Å². The van der Waals surface area contributed by atoms with E-state index in [0.29, 0.717) is 14.8 Å². The number of phenolic OH excluding ortho intramolecular Hbond substituents is 1. The number of carbonyl (C=O) groups is 2. The Hall–Kier alpha value is -2.26. The molecule has 0 radical (unpaired) electrons. The van der Waals surface area contributed by atoms with E-state index in [1.165, 1.54) is 17.0 Å². The molecule has 3 rings (SSSR count). The van der Waals surface area contributed by atoms with Crippen molar-refractivity contribution in [2.45, 2.75) is 13.8 Å². The molecule has 26 heavy (non-hydrogen) atoms. The van der Waals surface area contributed by atoms with Gasteiger partial charge in [0.2, 0.25) is 0 Å². The van der Waals surface area contributed by atoms with Crippen molar-refractivity contribution in [1.29, 1.82) is 0 Å². The van der Waals surface area contributed by atoms with Gasteiger partial charge in [0.05, 0.1) is 9.26 Å². The maximum Gasteiger partial charge on any atom is 0.270 e. The molecule has 1 fully saturated rings. The molecule has 7 heteroatoms. The fraction of sp³-hybridized carbons (Fsp3) is 0.105. The normalized spacial score (nSPS) is 16.2. The Balaban J connectivity index is 2.05. The SMILES string of the molecule is Cc1ccc(N2C(=O)/C(=C/c3ccc(O)c(I)c3)C(=O)NC2=S)c(C)c1. The molecule has 132 valence electrons. The van der Waals surface area contributed by atoms with Crippen molar-refractivity contribution in [2.24, 2.45) is 0 Å². The van der Waals surface area contributed by atoms with Crippen LogP contribution in [0.25, 0.3) is 6.08 Å². The highest BCUT2D eigenvalue weighted by atomic mass is 127. The van der Waals surface area contributed by atoms with Crippen molar-refractivity contribution in [3.8, 4) is 5.75 Å². The lowest BCUT2D eigenvalue weighted by molar-refractivity contribution is -0.122. The van der Waals surface area contributed by atoms with Crippen molar-refractivity contribution in [3.05, 3.63) is 62.2 Å². The number of nitrogens with zero attached hydrogens (tertiary/aromatic N) is 1. The fourth-order valence-electron chi connectivity index (χ4n) is 2.71. The molecule has 0 spiro atoms. The van der Waals surface area contributed by atoms with Crippen LogP contribution in [-0.4, -0.2) is 22.0 Å². The van der Waals surface area contributed by atoms with Crippen molar-refractivity contribution in [3.63, 3.8) is 0 Å². The number of rotatable bonds is 2. The number of aryl methyl sites for hydroxylation is 2. The van der Waals surface area contributed by atoms with Gasteiger partial charge < -0.3 is 5.11 Å². The Morgan fingerprint density at radius 2 is 1.88 bits per heavy atom. The summed E-state index contributed by atoms with van der Waals surface area (Å²) < 4.78 is 0.627. The maximum atomic E-state index is 13.0. The van der Waals surface area contributed by atoms with Crippen molar-refractivity contribution >= 4 is 63.5 Å². The summed E-state index contributed by atoms with van der Waals surface area (Å²) in [7, 11) is 0. The van der Waals surface area contributed by atoms with Crippen LogP contribution in [0.5, 0.6) is 5.75 Å². The third-order valence-corrected chi connectivity index (χ3v) is 5.13. The average Bonchev–Trinajstić information content (AvgIpc) is 2.56. The van der Waals surface area contributed by atoms with Gasteiger partial charge in [-0.15, -0.1) is 0 Å². The second-order valence-corrected chi connectivity index (χ2v) is 7.51. The van der Waals surface area contributed by atoms with E-state index in [2.05, 4.69) is 5.32 Å². The van der Waals surface area contributed by atoms with Gasteiger partial charge in [-0.3, -0.25) is 19.8 Å². The summed E-state index contributed by atoms with van der Waals surface area (Å²) in [5, 5.41) is 12.3. The van der Waals surface area contributed by atoms with Gasteiger partial charge in [0.15, 0.2) is 5.11 Å². The molecule has 0 aliphatic carbocycles. The van der Waals surface area contributed by atoms with Crippen LogP contribution < -0.4 is 10.2 Å². The largest absolute Gasteiger partial charge is 0.507 e. The van der Waals surface area contributed by atoms with Gasteiger partial charge >= 0.3 is 0 Å². The Bertz CT molecular complexity index is 985. The summed E-state index contributed by atoms with van der Waals surface area (Å²) in [6.45, 7) is 3.85. The zero-order valence-electron chi connectivity index (χ0n) is 14.0. The maximum absolute atomic E-state index is 13.0. The van der Waals surface area contributed by atoms with Crippen LogP contribution in [0.3, 0.4) is 0 Å². The van der Waals surface area contributed by atoms with Gasteiger partial charge in [0, 0.05) is 0 Å². The van der Waals surface area contributed by atoms with Crippen LogP contribution in [0.4, 0.5) is 5.69 Å². The number of hydrogen-bond donors (Lipinski definition) is 2. The van der Waals surface area contributed by atoms with E-state index in [4.69, 9.17) is 12.2 Å². The van der Waals surface area contributed by atoms with Gasteiger partial charge in [0.1, 0.15) is 11.3 Å². The van der Waals surface area contributed by atoms with Crippen molar-refractivity contribution < 1.29 is 14.7 Å². The molecule has 2 N–H and O–H groups in total. The molecule has 0 atom stereocenters. The lowest BCUT2D eigenvalue weighted by atomic mass is 10.0. The molecule has 2 aromatic carbocycles. The molecular formula is C19H15IN2O3S. The Morgan fingerprint density at radius 3 is 2.54 bits per heavy atom. The monoisotopic (exact) mass is 478 g/mol. The van der Waals surface area contributed by atoms with Gasteiger partial charge in [-0.2, -0.15) is 0 Å². The Kier molecular flexibility index (Phi) is 5.10. The minimum absolute atomic E-state index is 0.0138. The Morgan fingerprint density at radius 1 is 1.15 bits per heavy atom. The number of benzene rings is 2. The van der Waals surface area contributed by atoms with E-state index >= 15 is 0 Å². The summed E-state index contributed by atoms with van der Waals surface area (Å²) >= 11 is 7.21. The molecular weight excluding hydrogens is 463 g/mol. The first-order valence-electron chi connectivity index (χ1n) is 7.75. The number of aromatic hydroxyl groups is 1. The van der Waals surface area contributed by atoms with E-state index in [9.17, 15) is 14.7 Å². The summed E-state index contributed by atoms with van der Waals surface area (Å²) in [6, 6.07) is 10.5. The number of anilines is 1. The van der Waals surface area contributed by atoms with Crippen LogP contribution in [0.2, 0.25) is 0 Å². The second kappa shape index (κ2) is 7.16. The summed E-state index contributed by atoms with van der Waals surface area (Å²) in [6.07, 6.45) is 1.50. The molecule has 5 nitrogen and oxygen atoms in total. The standard InChI is InChI=1S/C19H15IN2O3S/c1-10-3-5-15(11(2)7-10)22-18(25)13(17(24)21-19(22)26)8-12-4-6-16(23)14(20)9-12/h3-9,23H,1-2H3,(H,21,24,26)/b13-8+. The lowest BCUT2D eigenvalue weighted by Crippen LogP contribution is -2.54. The van der Waals surface area contributed by atoms with Crippen molar-refractivity contribution in [1.82, 2.24) is 5.32 Å². The van der Waals surface area contributed by atoms with Crippen LogP contribution >= 0.6 is 34.8 Å². The Labute approximate surface area is 169 Å². The minimum atomic E-state index is -0.538. The predicted octanol–water partition coefficient (Wildman–Crippen LogP) is 3.44. The molecule has 2 aromatic rings. The van der Waals surface area contributed by atoms with Crippen LogP contribution in [0.15, 0.2) is 42.0 Å². The smallest absolute Gasteiger partial charge is 0.270 e. The highest BCUT2D eigenvalue weighted by Crippen LogP contribution is 2.27. The van der Waals surface area contributed by atoms with E-state index in [-0.39, 0.29) is 16.4 Å². The van der Waals surface area contributed by atoms with Gasteiger partial charge in [-0.05, 0) is 84.1 Å². The minimum Gasteiger partial charge on any atom is -0.507 e. The average molecular weight is 478 g/mol. The number of thiocarbonyl (C=S) groups is 1. The third kappa shape index (κ3) is 3.49. The number of phenols is 1. The molecule has 1 aliphatic rings.